The number of methoxy groups -OCH3 is 1. The average Bonchev–Trinajstić information content (AvgIpc) is 3.29. The molecule has 1 atom stereocenters. The van der Waals surface area contributed by atoms with Gasteiger partial charge in [0.25, 0.3) is 0 Å². The van der Waals surface area contributed by atoms with Crippen molar-refractivity contribution in [3.05, 3.63) is 35.5 Å². The maximum absolute atomic E-state index is 13.8. The number of morpholine rings is 1. The van der Waals surface area contributed by atoms with Crippen LogP contribution in [-0.4, -0.2) is 79.8 Å². The molecule has 1 aromatic carbocycles. The lowest BCUT2D eigenvalue weighted by atomic mass is 10.1. The van der Waals surface area contributed by atoms with Crippen LogP contribution < -0.4 is 15.4 Å². The Labute approximate surface area is 228 Å². The van der Waals surface area contributed by atoms with E-state index in [-0.39, 0.29) is 17.1 Å². The summed E-state index contributed by atoms with van der Waals surface area (Å²) in [5.41, 5.74) is 2.09. The Morgan fingerprint density at radius 3 is 2.68 bits per heavy atom. The number of H-pyrrole nitrogens is 1. The van der Waals surface area contributed by atoms with Crippen molar-refractivity contribution in [2.45, 2.75) is 50.2 Å². The van der Waals surface area contributed by atoms with Crippen molar-refractivity contribution in [1.82, 2.24) is 19.2 Å². The Balaban J connectivity index is 1.44. The summed E-state index contributed by atoms with van der Waals surface area (Å²) in [6.07, 6.45) is 4.23. The van der Waals surface area contributed by atoms with Gasteiger partial charge in [0.1, 0.15) is 17.2 Å². The number of aromatic nitrogens is 2. The number of anilines is 3. The highest BCUT2D eigenvalue weighted by Crippen LogP contribution is 2.36. The SMILES string of the molecule is COc1cc(S(=O)(=O)N2CCCCC2N2CCOCC2)ccc1Nc1cc(NC(C)C)c2c(Cl)c[nH]c2n1. The fourth-order valence-electron chi connectivity index (χ4n) is 5.20. The number of nitrogens with zero attached hydrogens (tertiary/aromatic N) is 3. The lowest BCUT2D eigenvalue weighted by Crippen LogP contribution is -2.55. The minimum atomic E-state index is -3.73. The summed E-state index contributed by atoms with van der Waals surface area (Å²) >= 11 is 6.38. The van der Waals surface area contributed by atoms with E-state index in [4.69, 9.17) is 21.1 Å². The van der Waals surface area contributed by atoms with Gasteiger partial charge < -0.3 is 25.1 Å². The molecule has 0 aliphatic carbocycles. The molecule has 10 nitrogen and oxygen atoms in total. The maximum Gasteiger partial charge on any atom is 0.244 e. The van der Waals surface area contributed by atoms with Crippen LogP contribution in [0.3, 0.4) is 0 Å². The summed E-state index contributed by atoms with van der Waals surface area (Å²) < 4.78 is 40.4. The first-order valence-electron chi connectivity index (χ1n) is 13.0. The molecule has 2 aromatic heterocycles. The smallest absolute Gasteiger partial charge is 0.244 e. The first kappa shape index (κ1) is 27.0. The molecular weight excluding hydrogens is 528 g/mol. The molecule has 12 heteroatoms. The van der Waals surface area contributed by atoms with Gasteiger partial charge in [-0.15, -0.1) is 0 Å². The third kappa shape index (κ3) is 5.43. The van der Waals surface area contributed by atoms with E-state index in [2.05, 4.69) is 25.5 Å². The van der Waals surface area contributed by atoms with E-state index in [0.717, 1.165) is 43.4 Å². The van der Waals surface area contributed by atoms with E-state index in [9.17, 15) is 8.42 Å². The van der Waals surface area contributed by atoms with Crippen LogP contribution in [0.5, 0.6) is 5.75 Å². The van der Waals surface area contributed by atoms with Gasteiger partial charge in [-0.1, -0.05) is 11.6 Å². The van der Waals surface area contributed by atoms with Crippen LogP contribution in [0.25, 0.3) is 11.0 Å². The molecule has 0 amide bonds. The quantitative estimate of drug-likeness (QED) is 0.364. The number of pyridine rings is 1. The monoisotopic (exact) mass is 562 g/mol. The molecule has 2 fully saturated rings. The molecule has 3 aromatic rings. The van der Waals surface area contributed by atoms with E-state index in [1.54, 1.807) is 28.7 Å². The first-order valence-corrected chi connectivity index (χ1v) is 14.8. The molecule has 2 aliphatic rings. The molecule has 4 heterocycles. The normalized spacial score (nSPS) is 19.7. The summed E-state index contributed by atoms with van der Waals surface area (Å²) in [5, 5.41) is 8.10. The molecule has 206 valence electrons. The van der Waals surface area contributed by atoms with Crippen LogP contribution in [0, 0.1) is 0 Å². The molecule has 3 N–H and O–H groups in total. The molecule has 0 bridgehead atoms. The van der Waals surface area contributed by atoms with Crippen LogP contribution in [0.4, 0.5) is 17.2 Å². The number of rotatable bonds is 8. The van der Waals surface area contributed by atoms with Gasteiger partial charge in [0.05, 0.1) is 53.2 Å². The van der Waals surface area contributed by atoms with Crippen LogP contribution in [0.15, 0.2) is 35.4 Å². The second kappa shape index (κ2) is 11.3. The van der Waals surface area contributed by atoms with Gasteiger partial charge in [-0.3, -0.25) is 4.90 Å². The fraction of sp³-hybridized carbons (Fsp3) is 0.500. The van der Waals surface area contributed by atoms with Crippen molar-refractivity contribution in [3.8, 4) is 5.75 Å². The fourth-order valence-corrected chi connectivity index (χ4v) is 7.14. The number of piperidine rings is 1. The second-order valence-electron chi connectivity index (χ2n) is 9.94. The van der Waals surface area contributed by atoms with Crippen molar-refractivity contribution in [3.63, 3.8) is 0 Å². The molecular formula is C26H35ClN6O4S. The lowest BCUT2D eigenvalue weighted by Gasteiger charge is -2.43. The van der Waals surface area contributed by atoms with Gasteiger partial charge in [0.2, 0.25) is 10.0 Å². The van der Waals surface area contributed by atoms with Gasteiger partial charge in [-0.05, 0) is 45.2 Å². The van der Waals surface area contributed by atoms with E-state index in [1.165, 1.54) is 7.11 Å². The van der Waals surface area contributed by atoms with Crippen LogP contribution in [0.1, 0.15) is 33.1 Å². The minimum absolute atomic E-state index is 0.156. The summed E-state index contributed by atoms with van der Waals surface area (Å²) in [4.78, 5) is 10.2. The zero-order valence-corrected chi connectivity index (χ0v) is 23.5. The van der Waals surface area contributed by atoms with Crippen molar-refractivity contribution >= 4 is 49.9 Å². The van der Waals surface area contributed by atoms with Crippen LogP contribution in [-0.2, 0) is 14.8 Å². The van der Waals surface area contributed by atoms with Gasteiger partial charge in [0.15, 0.2) is 0 Å². The minimum Gasteiger partial charge on any atom is -0.495 e. The number of benzene rings is 1. The van der Waals surface area contributed by atoms with Crippen LogP contribution in [0.2, 0.25) is 5.02 Å². The number of aromatic amines is 1. The summed E-state index contributed by atoms with van der Waals surface area (Å²) in [6.45, 7) is 7.33. The molecule has 0 radical (unpaired) electrons. The van der Waals surface area contributed by atoms with Crippen molar-refractivity contribution in [2.75, 3.05) is 50.6 Å². The highest BCUT2D eigenvalue weighted by molar-refractivity contribution is 7.89. The Morgan fingerprint density at radius 2 is 1.95 bits per heavy atom. The Morgan fingerprint density at radius 1 is 1.16 bits per heavy atom. The summed E-state index contributed by atoms with van der Waals surface area (Å²) in [6, 6.07) is 7.01. The van der Waals surface area contributed by atoms with E-state index >= 15 is 0 Å². The molecule has 0 saturated carbocycles. The summed E-state index contributed by atoms with van der Waals surface area (Å²) in [5.74, 6) is 0.979. The van der Waals surface area contributed by atoms with Gasteiger partial charge in [0, 0.05) is 44.0 Å². The first-order chi connectivity index (χ1) is 18.3. The predicted octanol–water partition coefficient (Wildman–Crippen LogP) is 4.62. The number of ether oxygens (including phenoxy) is 2. The molecule has 2 saturated heterocycles. The van der Waals surface area contributed by atoms with Crippen LogP contribution >= 0.6 is 11.6 Å². The zero-order valence-electron chi connectivity index (χ0n) is 22.0. The highest BCUT2D eigenvalue weighted by atomic mass is 35.5. The number of fused-ring (bicyclic) bond motifs is 1. The molecule has 38 heavy (non-hydrogen) atoms. The molecule has 0 spiro atoms. The van der Waals surface area contributed by atoms with Gasteiger partial charge in [-0.2, -0.15) is 4.31 Å². The maximum atomic E-state index is 13.8. The van der Waals surface area contributed by atoms with Gasteiger partial charge >= 0.3 is 0 Å². The van der Waals surface area contributed by atoms with Gasteiger partial charge in [-0.25, -0.2) is 13.4 Å². The Kier molecular flexibility index (Phi) is 8.01. The predicted molar refractivity (Wildman–Crippen MR) is 150 cm³/mol. The molecule has 5 rings (SSSR count). The topological polar surface area (TPSA) is 112 Å². The Bertz CT molecular complexity index is 1390. The Hall–Kier alpha value is -2.57. The van der Waals surface area contributed by atoms with Crippen molar-refractivity contribution < 1.29 is 17.9 Å². The molecule has 1 unspecified atom stereocenters. The standard InChI is InChI=1S/C26H35ClN6O4S/c1-17(2)29-21-15-23(31-26-25(21)19(27)16-28-26)30-20-8-7-18(14-22(20)36-3)38(34,35)33-9-5-4-6-24(33)32-10-12-37-13-11-32/h7-8,14-17,24H,4-6,9-13H2,1-3H3,(H3,28,29,30,31). The zero-order chi connectivity index (χ0) is 26.9. The number of nitrogens with one attached hydrogen (secondary N) is 3. The largest absolute Gasteiger partial charge is 0.495 e. The third-order valence-corrected chi connectivity index (χ3v) is 9.16. The van der Waals surface area contributed by atoms with E-state index < -0.39 is 10.0 Å². The summed E-state index contributed by atoms with van der Waals surface area (Å²) in [7, 11) is -2.20. The third-order valence-electron chi connectivity index (χ3n) is 6.97. The van der Waals surface area contributed by atoms with Crippen molar-refractivity contribution in [1.29, 1.82) is 0 Å². The molecule has 2 aliphatic heterocycles. The number of halogens is 1. The second-order valence-corrected chi connectivity index (χ2v) is 12.2. The van der Waals surface area contributed by atoms with E-state index in [0.29, 0.717) is 47.7 Å². The highest BCUT2D eigenvalue weighted by Gasteiger charge is 2.37. The average molecular weight is 563 g/mol. The number of hydrogen-bond donors (Lipinski definition) is 3. The number of hydrogen-bond acceptors (Lipinski definition) is 8. The van der Waals surface area contributed by atoms with E-state index in [1.807, 2.05) is 19.9 Å². The number of sulfonamides is 1. The lowest BCUT2D eigenvalue weighted by molar-refractivity contribution is -0.0215. The van der Waals surface area contributed by atoms with Crippen molar-refractivity contribution in [2.24, 2.45) is 0 Å².